The molecule has 0 unspecified atom stereocenters. The van der Waals surface area contributed by atoms with Crippen LogP contribution in [0.15, 0.2) is 0 Å². The molecule has 0 aromatic rings. The van der Waals surface area contributed by atoms with Crippen LogP contribution in [0.1, 0.15) is 19.8 Å². The lowest BCUT2D eigenvalue weighted by molar-refractivity contribution is -0.179. The average molecular weight is 202 g/mol. The van der Waals surface area contributed by atoms with Gasteiger partial charge in [0.05, 0.1) is 13.7 Å². The molecule has 0 aliphatic carbocycles. The van der Waals surface area contributed by atoms with E-state index in [1.807, 2.05) is 12.0 Å². The number of carbonyl (C=O) groups excluding carboxylic acids is 1. The van der Waals surface area contributed by atoms with E-state index in [9.17, 15) is 4.79 Å². The lowest BCUT2D eigenvalue weighted by Gasteiger charge is -2.35. The summed E-state index contributed by atoms with van der Waals surface area (Å²) >= 11 is 0. The average Bonchev–Trinajstić information content (AvgIpc) is 2.21. The summed E-state index contributed by atoms with van der Waals surface area (Å²) in [6.45, 7) is 3.94. The van der Waals surface area contributed by atoms with Crippen LogP contribution in [0.3, 0.4) is 0 Å². The van der Waals surface area contributed by atoms with Crippen LogP contribution in [0.4, 0.5) is 0 Å². The van der Waals surface area contributed by atoms with Crippen molar-refractivity contribution in [2.24, 2.45) is 5.73 Å². The molecule has 0 aromatic carbocycles. The van der Waals surface area contributed by atoms with E-state index in [2.05, 4.69) is 4.74 Å². The molecule has 0 saturated carbocycles. The van der Waals surface area contributed by atoms with E-state index in [1.165, 1.54) is 7.11 Å². The predicted octanol–water partition coefficient (Wildman–Crippen LogP) is -0.0958. The second kappa shape index (κ2) is 4.72. The number of piperidine rings is 1. The number of nitrogens with two attached hydrogens (primary N) is 1. The molecule has 14 heavy (non-hydrogen) atoms. The van der Waals surface area contributed by atoms with Gasteiger partial charge in [0, 0.05) is 13.1 Å². The molecule has 0 spiro atoms. The third-order valence-corrected chi connectivity index (χ3v) is 2.52. The van der Waals surface area contributed by atoms with Gasteiger partial charge in [0.15, 0.2) is 0 Å². The van der Waals surface area contributed by atoms with Gasteiger partial charge in [0.2, 0.25) is 0 Å². The number of hydrogen-bond acceptors (Lipinski definition) is 5. The van der Waals surface area contributed by atoms with Crippen LogP contribution in [-0.2, 0) is 14.4 Å². The van der Waals surface area contributed by atoms with Gasteiger partial charge >= 0.3 is 5.97 Å². The Balaban J connectivity index is 2.44. The molecule has 0 radical (unpaired) electrons. The Morgan fingerprint density at radius 3 is 2.50 bits per heavy atom. The number of nitrogens with zero attached hydrogens (tertiary/aromatic N) is 1. The first-order valence-electron chi connectivity index (χ1n) is 4.87. The zero-order valence-electron chi connectivity index (χ0n) is 8.78. The van der Waals surface area contributed by atoms with Crippen molar-refractivity contribution < 1.29 is 14.4 Å². The van der Waals surface area contributed by atoms with Crippen molar-refractivity contribution in [3.8, 4) is 0 Å². The summed E-state index contributed by atoms with van der Waals surface area (Å²) in [6, 6.07) is 0. The Morgan fingerprint density at radius 2 is 2.07 bits per heavy atom. The van der Waals surface area contributed by atoms with E-state index in [0.29, 0.717) is 32.5 Å². The number of rotatable bonds is 3. The van der Waals surface area contributed by atoms with Gasteiger partial charge in [-0.2, -0.15) is 5.06 Å². The van der Waals surface area contributed by atoms with Crippen molar-refractivity contribution in [1.29, 1.82) is 0 Å². The second-order valence-corrected chi connectivity index (χ2v) is 3.49. The van der Waals surface area contributed by atoms with Crippen molar-refractivity contribution in [3.63, 3.8) is 0 Å². The molecular weight excluding hydrogens is 184 g/mol. The maximum absolute atomic E-state index is 11.3. The van der Waals surface area contributed by atoms with Crippen molar-refractivity contribution in [2.75, 3.05) is 26.8 Å². The maximum Gasteiger partial charge on any atom is 0.325 e. The smallest absolute Gasteiger partial charge is 0.325 e. The molecule has 1 aliphatic heterocycles. The van der Waals surface area contributed by atoms with Crippen molar-refractivity contribution in [2.45, 2.75) is 25.3 Å². The van der Waals surface area contributed by atoms with Gasteiger partial charge in [0.25, 0.3) is 0 Å². The highest BCUT2D eigenvalue weighted by atomic mass is 16.7. The molecule has 1 fully saturated rings. The van der Waals surface area contributed by atoms with E-state index in [4.69, 9.17) is 10.6 Å². The van der Waals surface area contributed by atoms with E-state index in [-0.39, 0.29) is 5.97 Å². The predicted molar refractivity (Wildman–Crippen MR) is 51.4 cm³/mol. The Bertz CT molecular complexity index is 200. The van der Waals surface area contributed by atoms with Crippen LogP contribution in [0.25, 0.3) is 0 Å². The van der Waals surface area contributed by atoms with Crippen LogP contribution < -0.4 is 5.73 Å². The fourth-order valence-corrected chi connectivity index (χ4v) is 1.60. The Kier molecular flexibility index (Phi) is 3.86. The summed E-state index contributed by atoms with van der Waals surface area (Å²) in [5.74, 6) is -0.325. The number of ether oxygens (including phenoxy) is 1. The van der Waals surface area contributed by atoms with E-state index >= 15 is 0 Å². The molecule has 0 atom stereocenters. The minimum absolute atomic E-state index is 0.325. The first-order chi connectivity index (χ1) is 6.62. The zero-order valence-corrected chi connectivity index (χ0v) is 8.78. The number of esters is 1. The molecule has 1 aliphatic rings. The Labute approximate surface area is 84.1 Å². The SMILES string of the molecule is CCON1CCC(N)(C(=O)OC)CC1. The van der Waals surface area contributed by atoms with Gasteiger partial charge in [0.1, 0.15) is 5.54 Å². The standard InChI is InChI=1S/C9H18N2O3/c1-3-14-11-6-4-9(10,5-7-11)8(12)13-2/h3-7,10H2,1-2H3. The summed E-state index contributed by atoms with van der Waals surface area (Å²) in [7, 11) is 1.37. The quantitative estimate of drug-likeness (QED) is 0.648. The summed E-state index contributed by atoms with van der Waals surface area (Å²) < 4.78 is 4.66. The van der Waals surface area contributed by atoms with Gasteiger partial charge in [-0.1, -0.05) is 0 Å². The highest BCUT2D eigenvalue weighted by Gasteiger charge is 2.38. The number of carbonyl (C=O) groups is 1. The highest BCUT2D eigenvalue weighted by Crippen LogP contribution is 2.20. The summed E-state index contributed by atoms with van der Waals surface area (Å²) in [4.78, 5) is 16.7. The Morgan fingerprint density at radius 1 is 1.50 bits per heavy atom. The first kappa shape index (κ1) is 11.4. The molecule has 1 rings (SSSR count). The van der Waals surface area contributed by atoms with Crippen LogP contribution >= 0.6 is 0 Å². The van der Waals surface area contributed by atoms with Crippen molar-refractivity contribution in [3.05, 3.63) is 0 Å². The third kappa shape index (κ3) is 2.43. The van der Waals surface area contributed by atoms with Crippen LogP contribution in [0.5, 0.6) is 0 Å². The van der Waals surface area contributed by atoms with Crippen LogP contribution in [-0.4, -0.2) is 43.4 Å². The number of methoxy groups -OCH3 is 1. The molecule has 5 heteroatoms. The fourth-order valence-electron chi connectivity index (χ4n) is 1.60. The third-order valence-electron chi connectivity index (χ3n) is 2.52. The summed E-state index contributed by atoms with van der Waals surface area (Å²) in [6.07, 6.45) is 1.17. The first-order valence-corrected chi connectivity index (χ1v) is 4.87. The summed E-state index contributed by atoms with van der Waals surface area (Å²) in [5, 5.41) is 1.84. The molecule has 1 heterocycles. The highest BCUT2D eigenvalue weighted by molar-refractivity contribution is 5.80. The molecule has 82 valence electrons. The topological polar surface area (TPSA) is 64.8 Å². The molecule has 0 amide bonds. The van der Waals surface area contributed by atoms with Gasteiger partial charge in [-0.15, -0.1) is 0 Å². The normalized spacial score (nSPS) is 21.9. The Hall–Kier alpha value is -0.650. The second-order valence-electron chi connectivity index (χ2n) is 3.49. The molecule has 1 saturated heterocycles. The zero-order chi connectivity index (χ0) is 10.6. The van der Waals surface area contributed by atoms with Crippen molar-refractivity contribution in [1.82, 2.24) is 5.06 Å². The van der Waals surface area contributed by atoms with Crippen LogP contribution in [0.2, 0.25) is 0 Å². The largest absolute Gasteiger partial charge is 0.468 e. The van der Waals surface area contributed by atoms with Crippen LogP contribution in [0, 0.1) is 0 Å². The minimum atomic E-state index is -0.817. The van der Waals surface area contributed by atoms with Gasteiger partial charge in [-0.3, -0.25) is 9.63 Å². The molecule has 0 bridgehead atoms. The van der Waals surface area contributed by atoms with E-state index in [1.54, 1.807) is 0 Å². The number of hydroxylamine groups is 2. The fraction of sp³-hybridized carbons (Fsp3) is 0.889. The van der Waals surface area contributed by atoms with Gasteiger partial charge < -0.3 is 10.5 Å². The monoisotopic (exact) mass is 202 g/mol. The van der Waals surface area contributed by atoms with Gasteiger partial charge in [-0.05, 0) is 19.8 Å². The molecule has 0 aromatic heterocycles. The minimum Gasteiger partial charge on any atom is -0.468 e. The molecular formula is C9H18N2O3. The lowest BCUT2D eigenvalue weighted by atomic mass is 9.89. The van der Waals surface area contributed by atoms with Gasteiger partial charge in [-0.25, -0.2) is 0 Å². The van der Waals surface area contributed by atoms with E-state index < -0.39 is 5.54 Å². The lowest BCUT2D eigenvalue weighted by Crippen LogP contribution is -2.56. The molecule has 5 nitrogen and oxygen atoms in total. The maximum atomic E-state index is 11.3. The van der Waals surface area contributed by atoms with E-state index in [0.717, 1.165) is 0 Å². The number of hydrogen-bond donors (Lipinski definition) is 1. The molecule has 2 N–H and O–H groups in total. The summed E-state index contributed by atoms with van der Waals surface area (Å²) in [5.41, 5.74) is 5.10. The van der Waals surface area contributed by atoms with Crippen molar-refractivity contribution >= 4 is 5.97 Å².